The summed E-state index contributed by atoms with van der Waals surface area (Å²) in [6.07, 6.45) is 2.82. The first kappa shape index (κ1) is 15.9. The van der Waals surface area contributed by atoms with Crippen LogP contribution in [0.4, 0.5) is 0 Å². The van der Waals surface area contributed by atoms with E-state index in [1.165, 1.54) is 0 Å². The number of amides is 1. The van der Waals surface area contributed by atoms with Crippen LogP contribution >= 0.6 is 0 Å². The van der Waals surface area contributed by atoms with E-state index in [-0.39, 0.29) is 11.9 Å². The summed E-state index contributed by atoms with van der Waals surface area (Å²) in [6.45, 7) is 6.55. The van der Waals surface area contributed by atoms with Gasteiger partial charge in [-0.05, 0) is 38.5 Å². The average molecular weight is 338 g/mol. The molecule has 1 aliphatic rings. The third kappa shape index (κ3) is 3.05. The van der Waals surface area contributed by atoms with Crippen LogP contribution in [0.15, 0.2) is 35.0 Å². The summed E-state index contributed by atoms with van der Waals surface area (Å²) in [5.41, 5.74) is 3.82. The molecule has 1 aliphatic heterocycles. The number of carbonyl (C=O) groups excluding carboxylic acids is 1. The fourth-order valence-corrected chi connectivity index (χ4v) is 3.59. The minimum Gasteiger partial charge on any atom is -0.361 e. The van der Waals surface area contributed by atoms with Crippen molar-refractivity contribution in [2.45, 2.75) is 32.9 Å². The Balaban J connectivity index is 1.41. The Labute approximate surface area is 146 Å². The number of carbonyl (C=O) groups is 1. The number of nitrogens with zero attached hydrogens (tertiary/aromatic N) is 2. The number of hydrogen-bond donors (Lipinski definition) is 2. The van der Waals surface area contributed by atoms with Crippen molar-refractivity contribution < 1.29 is 9.32 Å². The predicted molar refractivity (Wildman–Crippen MR) is 95.4 cm³/mol. The molecule has 2 aromatic heterocycles. The van der Waals surface area contributed by atoms with E-state index in [2.05, 4.69) is 20.4 Å². The molecule has 25 heavy (non-hydrogen) atoms. The lowest BCUT2D eigenvalue weighted by Gasteiger charge is -2.16. The quantitative estimate of drug-likeness (QED) is 0.767. The molecule has 3 aromatic rings. The summed E-state index contributed by atoms with van der Waals surface area (Å²) >= 11 is 0. The Morgan fingerprint density at radius 3 is 3.08 bits per heavy atom. The number of nitrogens with one attached hydrogen (secondary N) is 2. The van der Waals surface area contributed by atoms with E-state index in [9.17, 15) is 4.79 Å². The average Bonchev–Trinajstić information content (AvgIpc) is 3.31. The molecule has 4 rings (SSSR count). The maximum Gasteiger partial charge on any atom is 0.252 e. The molecule has 0 aliphatic carbocycles. The summed E-state index contributed by atoms with van der Waals surface area (Å²) in [5, 5.41) is 8.16. The van der Waals surface area contributed by atoms with Gasteiger partial charge in [-0.15, -0.1) is 0 Å². The molecule has 0 unspecified atom stereocenters. The maximum absolute atomic E-state index is 12.7. The standard InChI is InChI=1S/C19H22N4O2/c1-12-17(13(2)25-22-12)11-23-9-7-14(10-23)21-19(24)16-4-3-5-18-15(16)6-8-20-18/h3-6,8,14,20H,7,9-11H2,1-2H3,(H,21,24)/t14-/m0/s1. The first-order valence-electron chi connectivity index (χ1n) is 8.63. The van der Waals surface area contributed by atoms with E-state index < -0.39 is 0 Å². The number of fused-ring (bicyclic) bond motifs is 1. The van der Waals surface area contributed by atoms with E-state index in [1.54, 1.807) is 0 Å². The number of benzene rings is 1. The van der Waals surface area contributed by atoms with Crippen molar-refractivity contribution in [3.05, 3.63) is 53.0 Å². The number of hydrogen-bond acceptors (Lipinski definition) is 4. The molecular weight excluding hydrogens is 316 g/mol. The lowest BCUT2D eigenvalue weighted by Crippen LogP contribution is -2.37. The van der Waals surface area contributed by atoms with Crippen molar-refractivity contribution in [3.63, 3.8) is 0 Å². The molecular formula is C19H22N4O2. The minimum atomic E-state index is -0.00520. The van der Waals surface area contributed by atoms with Crippen molar-refractivity contribution in [2.75, 3.05) is 13.1 Å². The van der Waals surface area contributed by atoms with Crippen LogP contribution in [0.3, 0.4) is 0 Å². The highest BCUT2D eigenvalue weighted by molar-refractivity contribution is 6.06. The topological polar surface area (TPSA) is 74.2 Å². The van der Waals surface area contributed by atoms with Gasteiger partial charge in [-0.25, -0.2) is 0 Å². The lowest BCUT2D eigenvalue weighted by atomic mass is 10.1. The molecule has 6 nitrogen and oxygen atoms in total. The van der Waals surface area contributed by atoms with E-state index >= 15 is 0 Å². The number of likely N-dealkylation sites (tertiary alicyclic amines) is 1. The fraction of sp³-hybridized carbons (Fsp3) is 0.368. The second-order valence-electron chi connectivity index (χ2n) is 6.74. The van der Waals surface area contributed by atoms with Gasteiger partial charge in [-0.1, -0.05) is 11.2 Å². The summed E-state index contributed by atoms with van der Waals surface area (Å²) in [7, 11) is 0. The Morgan fingerprint density at radius 1 is 1.40 bits per heavy atom. The van der Waals surface area contributed by atoms with Crippen LogP contribution in [0.2, 0.25) is 0 Å². The zero-order valence-electron chi connectivity index (χ0n) is 14.5. The first-order chi connectivity index (χ1) is 12.1. The monoisotopic (exact) mass is 338 g/mol. The van der Waals surface area contributed by atoms with Gasteiger partial charge in [0, 0.05) is 53.9 Å². The van der Waals surface area contributed by atoms with Crippen molar-refractivity contribution in [1.29, 1.82) is 0 Å². The number of aromatic nitrogens is 2. The highest BCUT2D eigenvalue weighted by Crippen LogP contribution is 2.20. The molecule has 3 heterocycles. The third-order valence-corrected chi connectivity index (χ3v) is 5.01. The van der Waals surface area contributed by atoms with Crippen LogP contribution < -0.4 is 5.32 Å². The normalized spacial score (nSPS) is 18.1. The number of aromatic amines is 1. The second kappa shape index (κ2) is 6.37. The summed E-state index contributed by atoms with van der Waals surface area (Å²) in [4.78, 5) is 18.2. The first-order valence-corrected chi connectivity index (χ1v) is 8.63. The number of H-pyrrole nitrogens is 1. The molecule has 0 bridgehead atoms. The lowest BCUT2D eigenvalue weighted by molar-refractivity contribution is 0.0939. The highest BCUT2D eigenvalue weighted by atomic mass is 16.5. The summed E-state index contributed by atoms with van der Waals surface area (Å²) < 4.78 is 5.24. The van der Waals surface area contributed by atoms with Crippen molar-refractivity contribution >= 4 is 16.8 Å². The predicted octanol–water partition coefficient (Wildman–Crippen LogP) is 2.78. The molecule has 1 aromatic carbocycles. The minimum absolute atomic E-state index is 0.00520. The Hall–Kier alpha value is -2.60. The SMILES string of the molecule is Cc1noc(C)c1CN1CC[C@H](NC(=O)c2cccc3[nH]ccc23)C1. The van der Waals surface area contributed by atoms with Gasteiger partial charge in [0.25, 0.3) is 5.91 Å². The van der Waals surface area contributed by atoms with Crippen molar-refractivity contribution in [2.24, 2.45) is 0 Å². The van der Waals surface area contributed by atoms with E-state index in [4.69, 9.17) is 4.52 Å². The largest absolute Gasteiger partial charge is 0.361 e. The van der Waals surface area contributed by atoms with Crippen molar-refractivity contribution in [1.82, 2.24) is 20.4 Å². The van der Waals surface area contributed by atoms with Crippen LogP contribution in [0.25, 0.3) is 10.9 Å². The fourth-order valence-electron chi connectivity index (χ4n) is 3.59. The van der Waals surface area contributed by atoms with Crippen LogP contribution in [-0.4, -0.2) is 40.1 Å². The Morgan fingerprint density at radius 2 is 2.28 bits per heavy atom. The van der Waals surface area contributed by atoms with Crippen LogP contribution in [0, 0.1) is 13.8 Å². The van der Waals surface area contributed by atoms with E-state index in [0.29, 0.717) is 0 Å². The van der Waals surface area contributed by atoms with Gasteiger partial charge in [0.1, 0.15) is 5.76 Å². The van der Waals surface area contributed by atoms with Crippen LogP contribution in [-0.2, 0) is 6.54 Å². The van der Waals surface area contributed by atoms with Crippen LogP contribution in [0.1, 0.15) is 33.8 Å². The molecule has 2 N–H and O–H groups in total. The van der Waals surface area contributed by atoms with Gasteiger partial charge in [0.2, 0.25) is 0 Å². The van der Waals surface area contributed by atoms with Gasteiger partial charge in [-0.3, -0.25) is 9.69 Å². The third-order valence-electron chi connectivity index (χ3n) is 5.01. The maximum atomic E-state index is 12.7. The van der Waals surface area contributed by atoms with Gasteiger partial charge in [-0.2, -0.15) is 0 Å². The van der Waals surface area contributed by atoms with Crippen molar-refractivity contribution in [3.8, 4) is 0 Å². The molecule has 1 atom stereocenters. The van der Waals surface area contributed by atoms with Gasteiger partial charge < -0.3 is 14.8 Å². The second-order valence-corrected chi connectivity index (χ2v) is 6.74. The smallest absolute Gasteiger partial charge is 0.252 e. The number of aryl methyl sites for hydroxylation is 2. The molecule has 130 valence electrons. The number of rotatable bonds is 4. The molecule has 6 heteroatoms. The summed E-state index contributed by atoms with van der Waals surface area (Å²) in [6, 6.07) is 7.88. The summed E-state index contributed by atoms with van der Waals surface area (Å²) in [5.74, 6) is 0.874. The Kier molecular flexibility index (Phi) is 4.05. The van der Waals surface area contributed by atoms with E-state index in [1.807, 2.05) is 44.3 Å². The van der Waals surface area contributed by atoms with Gasteiger partial charge in [0.15, 0.2) is 0 Å². The molecule has 1 saturated heterocycles. The van der Waals surface area contributed by atoms with Crippen LogP contribution in [0.5, 0.6) is 0 Å². The Bertz CT molecular complexity index is 892. The zero-order valence-corrected chi connectivity index (χ0v) is 14.5. The van der Waals surface area contributed by atoms with Gasteiger partial charge >= 0.3 is 0 Å². The highest BCUT2D eigenvalue weighted by Gasteiger charge is 2.26. The molecule has 1 fully saturated rings. The molecule has 0 radical (unpaired) electrons. The van der Waals surface area contributed by atoms with Gasteiger partial charge in [0.05, 0.1) is 5.69 Å². The molecule has 0 spiro atoms. The zero-order chi connectivity index (χ0) is 17.4. The molecule has 0 saturated carbocycles. The van der Waals surface area contributed by atoms with E-state index in [0.717, 1.165) is 59.5 Å². The molecule has 1 amide bonds.